The number of piperazine rings is 1. The summed E-state index contributed by atoms with van der Waals surface area (Å²) < 4.78 is 25.3. The lowest BCUT2D eigenvalue weighted by Crippen LogP contribution is -2.49. The molecular weight excluding hydrogens is 314 g/mol. The summed E-state index contributed by atoms with van der Waals surface area (Å²) in [6, 6.07) is 6.74. The smallest absolute Gasteiger partial charge is 0.256 e. The van der Waals surface area contributed by atoms with Crippen molar-refractivity contribution in [3.8, 4) is 0 Å². The molecule has 0 radical (unpaired) electrons. The predicted molar refractivity (Wildman–Crippen MR) is 92.1 cm³/mol. The standard InChI is InChI=1S/C16H25N3O3S/c1-13(2)12-18-8-10-19(11-9-18)16(20)14-6-4-5-7-15(14)17-23(3,21)22/h4-7,13,17H,8-12H2,1-3H3. The summed E-state index contributed by atoms with van der Waals surface area (Å²) >= 11 is 0. The molecule has 128 valence electrons. The zero-order valence-electron chi connectivity index (χ0n) is 13.9. The number of benzene rings is 1. The molecule has 1 heterocycles. The molecule has 2 rings (SSSR count). The molecule has 1 aromatic rings. The first-order valence-corrected chi connectivity index (χ1v) is 9.74. The number of nitrogens with zero attached hydrogens (tertiary/aromatic N) is 2. The molecule has 0 unspecified atom stereocenters. The van der Waals surface area contributed by atoms with Crippen molar-refractivity contribution >= 4 is 21.6 Å². The van der Waals surface area contributed by atoms with Crippen LogP contribution in [0.5, 0.6) is 0 Å². The van der Waals surface area contributed by atoms with Crippen molar-refractivity contribution < 1.29 is 13.2 Å². The number of amides is 1. The number of rotatable bonds is 5. The van der Waals surface area contributed by atoms with Crippen molar-refractivity contribution in [1.82, 2.24) is 9.80 Å². The van der Waals surface area contributed by atoms with E-state index in [2.05, 4.69) is 23.5 Å². The minimum absolute atomic E-state index is 0.124. The molecule has 1 amide bonds. The second-order valence-electron chi connectivity index (χ2n) is 6.41. The highest BCUT2D eigenvalue weighted by molar-refractivity contribution is 7.92. The summed E-state index contributed by atoms with van der Waals surface area (Å²) in [4.78, 5) is 16.9. The number of anilines is 1. The van der Waals surface area contributed by atoms with Gasteiger partial charge in [0.15, 0.2) is 0 Å². The summed E-state index contributed by atoms with van der Waals surface area (Å²) in [5, 5.41) is 0. The molecule has 1 N–H and O–H groups in total. The van der Waals surface area contributed by atoms with E-state index in [-0.39, 0.29) is 5.91 Å². The summed E-state index contributed by atoms with van der Waals surface area (Å²) in [6.07, 6.45) is 1.08. The third kappa shape index (κ3) is 5.21. The molecular formula is C16H25N3O3S. The van der Waals surface area contributed by atoms with E-state index in [1.54, 1.807) is 29.2 Å². The van der Waals surface area contributed by atoms with Gasteiger partial charge in [0.1, 0.15) is 0 Å². The number of carbonyl (C=O) groups is 1. The first-order valence-electron chi connectivity index (χ1n) is 7.84. The predicted octanol–water partition coefficient (Wildman–Crippen LogP) is 1.47. The normalized spacial score (nSPS) is 16.6. The van der Waals surface area contributed by atoms with Crippen LogP contribution in [0.15, 0.2) is 24.3 Å². The Morgan fingerprint density at radius 2 is 1.78 bits per heavy atom. The van der Waals surface area contributed by atoms with Crippen molar-refractivity contribution in [3.63, 3.8) is 0 Å². The fourth-order valence-corrected chi connectivity index (χ4v) is 3.36. The van der Waals surface area contributed by atoms with Gasteiger partial charge in [0.2, 0.25) is 10.0 Å². The van der Waals surface area contributed by atoms with Crippen LogP contribution in [0, 0.1) is 5.92 Å². The minimum Gasteiger partial charge on any atom is -0.336 e. The SMILES string of the molecule is CC(C)CN1CCN(C(=O)c2ccccc2NS(C)(=O)=O)CC1. The zero-order valence-corrected chi connectivity index (χ0v) is 14.8. The maximum atomic E-state index is 12.7. The Hall–Kier alpha value is -1.60. The van der Waals surface area contributed by atoms with E-state index >= 15 is 0 Å². The van der Waals surface area contributed by atoms with Gasteiger partial charge in [-0.3, -0.25) is 14.4 Å². The van der Waals surface area contributed by atoms with Gasteiger partial charge in [0.05, 0.1) is 17.5 Å². The van der Waals surface area contributed by atoms with Gasteiger partial charge in [-0.1, -0.05) is 26.0 Å². The summed E-state index contributed by atoms with van der Waals surface area (Å²) in [5.74, 6) is 0.484. The van der Waals surface area contributed by atoms with Crippen LogP contribution in [0.3, 0.4) is 0 Å². The van der Waals surface area contributed by atoms with Crippen LogP contribution < -0.4 is 4.72 Å². The van der Waals surface area contributed by atoms with E-state index in [1.807, 2.05) is 0 Å². The molecule has 1 aromatic carbocycles. The van der Waals surface area contributed by atoms with Gasteiger partial charge >= 0.3 is 0 Å². The van der Waals surface area contributed by atoms with E-state index in [0.29, 0.717) is 30.3 Å². The van der Waals surface area contributed by atoms with Crippen molar-refractivity contribution in [2.45, 2.75) is 13.8 Å². The Labute approximate surface area is 138 Å². The van der Waals surface area contributed by atoms with Crippen LogP contribution in [0.2, 0.25) is 0 Å². The van der Waals surface area contributed by atoms with E-state index in [1.165, 1.54) is 0 Å². The highest BCUT2D eigenvalue weighted by atomic mass is 32.2. The molecule has 0 aromatic heterocycles. The molecule has 0 bridgehead atoms. The fourth-order valence-electron chi connectivity index (χ4n) is 2.78. The Bertz CT molecular complexity index is 650. The minimum atomic E-state index is -3.42. The molecule has 0 atom stereocenters. The number of carbonyl (C=O) groups excluding carboxylic acids is 1. The lowest BCUT2D eigenvalue weighted by atomic mass is 10.1. The number of sulfonamides is 1. The van der Waals surface area contributed by atoms with Crippen molar-refractivity contribution in [3.05, 3.63) is 29.8 Å². The monoisotopic (exact) mass is 339 g/mol. The molecule has 1 aliphatic heterocycles. The van der Waals surface area contributed by atoms with Gasteiger partial charge in [0.25, 0.3) is 5.91 Å². The highest BCUT2D eigenvalue weighted by Gasteiger charge is 2.24. The molecule has 1 saturated heterocycles. The molecule has 0 saturated carbocycles. The average molecular weight is 339 g/mol. The van der Waals surface area contributed by atoms with Crippen molar-refractivity contribution in [2.75, 3.05) is 43.7 Å². The van der Waals surface area contributed by atoms with Crippen molar-refractivity contribution in [1.29, 1.82) is 0 Å². The van der Waals surface area contributed by atoms with E-state index in [4.69, 9.17) is 0 Å². The summed E-state index contributed by atoms with van der Waals surface area (Å²) in [5.41, 5.74) is 0.736. The van der Waals surface area contributed by atoms with Crippen LogP contribution in [-0.4, -0.2) is 63.1 Å². The third-order valence-electron chi connectivity index (χ3n) is 3.74. The van der Waals surface area contributed by atoms with Crippen LogP contribution >= 0.6 is 0 Å². The maximum Gasteiger partial charge on any atom is 0.256 e. The second-order valence-corrected chi connectivity index (χ2v) is 8.15. The van der Waals surface area contributed by atoms with Crippen LogP contribution in [0.1, 0.15) is 24.2 Å². The number of hydrogen-bond donors (Lipinski definition) is 1. The van der Waals surface area contributed by atoms with Gasteiger partial charge in [-0.05, 0) is 18.1 Å². The third-order valence-corrected chi connectivity index (χ3v) is 4.33. The lowest BCUT2D eigenvalue weighted by molar-refractivity contribution is 0.0625. The van der Waals surface area contributed by atoms with Crippen LogP contribution in [-0.2, 0) is 10.0 Å². The van der Waals surface area contributed by atoms with Gasteiger partial charge < -0.3 is 4.90 Å². The van der Waals surface area contributed by atoms with Gasteiger partial charge in [-0.25, -0.2) is 8.42 Å². The van der Waals surface area contributed by atoms with Gasteiger partial charge in [0, 0.05) is 32.7 Å². The van der Waals surface area contributed by atoms with Gasteiger partial charge in [-0.15, -0.1) is 0 Å². The fraction of sp³-hybridized carbons (Fsp3) is 0.562. The average Bonchev–Trinajstić information content (AvgIpc) is 2.45. The van der Waals surface area contributed by atoms with Gasteiger partial charge in [-0.2, -0.15) is 0 Å². The Morgan fingerprint density at radius 3 is 2.35 bits per heavy atom. The molecule has 6 nitrogen and oxygen atoms in total. The zero-order chi connectivity index (χ0) is 17.0. The largest absolute Gasteiger partial charge is 0.336 e. The van der Waals surface area contributed by atoms with Crippen LogP contribution in [0.25, 0.3) is 0 Å². The Balaban J connectivity index is 2.07. The molecule has 23 heavy (non-hydrogen) atoms. The van der Waals surface area contributed by atoms with E-state index in [9.17, 15) is 13.2 Å². The molecule has 0 aliphatic carbocycles. The lowest BCUT2D eigenvalue weighted by Gasteiger charge is -2.35. The highest BCUT2D eigenvalue weighted by Crippen LogP contribution is 2.19. The number of para-hydroxylation sites is 1. The molecule has 7 heteroatoms. The topological polar surface area (TPSA) is 69.7 Å². The van der Waals surface area contributed by atoms with E-state index < -0.39 is 10.0 Å². The summed E-state index contributed by atoms with van der Waals surface area (Å²) in [6.45, 7) is 8.44. The molecule has 1 fully saturated rings. The second kappa shape index (κ2) is 7.31. The number of nitrogens with one attached hydrogen (secondary N) is 1. The van der Waals surface area contributed by atoms with Crippen LogP contribution in [0.4, 0.5) is 5.69 Å². The van der Waals surface area contributed by atoms with Crippen molar-refractivity contribution in [2.24, 2.45) is 5.92 Å². The Morgan fingerprint density at radius 1 is 1.17 bits per heavy atom. The molecule has 0 spiro atoms. The van der Waals surface area contributed by atoms with E-state index in [0.717, 1.165) is 25.9 Å². The molecule has 1 aliphatic rings. The quantitative estimate of drug-likeness (QED) is 0.882. The summed E-state index contributed by atoms with van der Waals surface area (Å²) in [7, 11) is -3.42. The maximum absolute atomic E-state index is 12.7. The number of hydrogen-bond acceptors (Lipinski definition) is 4. The first-order chi connectivity index (χ1) is 10.8. The Kier molecular flexibility index (Phi) is 5.64. The first kappa shape index (κ1) is 17.7.